The van der Waals surface area contributed by atoms with Crippen LogP contribution in [0, 0.1) is 0 Å². The first kappa shape index (κ1) is 16.7. The number of unbranched alkanes of at least 4 members (excludes halogenated alkanes) is 1. The van der Waals surface area contributed by atoms with Gasteiger partial charge in [0.2, 0.25) is 0 Å². The van der Waals surface area contributed by atoms with Gasteiger partial charge >= 0.3 is 5.97 Å². The van der Waals surface area contributed by atoms with Crippen LogP contribution in [0.1, 0.15) is 51.0 Å². The SMILES string of the molecule is CCCCOC(=O)CC(CC)c1ccc(Br)cc1Br. The second-order valence-electron chi connectivity index (χ2n) is 4.55. The van der Waals surface area contributed by atoms with E-state index < -0.39 is 0 Å². The van der Waals surface area contributed by atoms with Crippen molar-refractivity contribution in [3.63, 3.8) is 0 Å². The van der Waals surface area contributed by atoms with Crippen molar-refractivity contribution in [2.75, 3.05) is 6.61 Å². The molecular formula is C15H20Br2O2. The maximum atomic E-state index is 11.8. The maximum absolute atomic E-state index is 11.8. The molecule has 0 N–H and O–H groups in total. The first-order chi connectivity index (χ1) is 9.08. The van der Waals surface area contributed by atoms with Gasteiger partial charge in [0.25, 0.3) is 0 Å². The second-order valence-corrected chi connectivity index (χ2v) is 6.32. The van der Waals surface area contributed by atoms with E-state index >= 15 is 0 Å². The van der Waals surface area contributed by atoms with Crippen molar-refractivity contribution in [3.05, 3.63) is 32.7 Å². The molecule has 0 spiro atoms. The van der Waals surface area contributed by atoms with Gasteiger partial charge in [-0.1, -0.05) is 58.2 Å². The second kappa shape index (κ2) is 8.75. The van der Waals surface area contributed by atoms with Gasteiger partial charge in [0, 0.05) is 8.95 Å². The van der Waals surface area contributed by atoms with Crippen molar-refractivity contribution >= 4 is 37.8 Å². The molecule has 0 saturated heterocycles. The molecule has 0 aliphatic carbocycles. The van der Waals surface area contributed by atoms with E-state index in [0.29, 0.717) is 13.0 Å². The van der Waals surface area contributed by atoms with Gasteiger partial charge in [-0.25, -0.2) is 0 Å². The number of benzene rings is 1. The van der Waals surface area contributed by atoms with Crippen LogP contribution >= 0.6 is 31.9 Å². The zero-order valence-electron chi connectivity index (χ0n) is 11.4. The quantitative estimate of drug-likeness (QED) is 0.457. The minimum absolute atomic E-state index is 0.102. The van der Waals surface area contributed by atoms with Crippen LogP contribution in [0.3, 0.4) is 0 Å². The lowest BCUT2D eigenvalue weighted by atomic mass is 9.93. The Morgan fingerprint density at radius 3 is 2.63 bits per heavy atom. The maximum Gasteiger partial charge on any atom is 0.306 e. The number of carbonyl (C=O) groups is 1. The monoisotopic (exact) mass is 390 g/mol. The molecule has 2 nitrogen and oxygen atoms in total. The molecule has 1 aromatic carbocycles. The molecule has 1 unspecified atom stereocenters. The minimum atomic E-state index is -0.102. The van der Waals surface area contributed by atoms with Crippen LogP contribution in [-0.2, 0) is 9.53 Å². The van der Waals surface area contributed by atoms with Gasteiger partial charge in [-0.2, -0.15) is 0 Å². The Balaban J connectivity index is 2.64. The van der Waals surface area contributed by atoms with Gasteiger partial charge in [-0.3, -0.25) is 4.79 Å². The molecule has 1 aromatic rings. The van der Waals surface area contributed by atoms with E-state index in [9.17, 15) is 4.79 Å². The summed E-state index contributed by atoms with van der Waals surface area (Å²) >= 11 is 7.00. The highest BCUT2D eigenvalue weighted by molar-refractivity contribution is 9.11. The first-order valence-electron chi connectivity index (χ1n) is 6.69. The summed E-state index contributed by atoms with van der Waals surface area (Å²) in [5, 5.41) is 0. The van der Waals surface area contributed by atoms with Crippen LogP contribution in [0.25, 0.3) is 0 Å². The third-order valence-corrected chi connectivity index (χ3v) is 4.25. The van der Waals surface area contributed by atoms with E-state index in [1.807, 2.05) is 12.1 Å². The summed E-state index contributed by atoms with van der Waals surface area (Å²) < 4.78 is 7.30. The lowest BCUT2D eigenvalue weighted by molar-refractivity contribution is -0.144. The fourth-order valence-corrected chi connectivity index (χ4v) is 3.27. The third kappa shape index (κ3) is 5.65. The Bertz CT molecular complexity index is 419. The van der Waals surface area contributed by atoms with Crippen molar-refractivity contribution in [1.82, 2.24) is 0 Å². The molecule has 4 heteroatoms. The number of halogens is 2. The van der Waals surface area contributed by atoms with Gasteiger partial charge in [0.1, 0.15) is 0 Å². The molecule has 0 amide bonds. The number of hydrogen-bond acceptors (Lipinski definition) is 2. The number of carbonyl (C=O) groups excluding carboxylic acids is 1. The summed E-state index contributed by atoms with van der Waals surface area (Å²) in [4.78, 5) is 11.8. The normalized spacial score (nSPS) is 12.2. The molecule has 1 rings (SSSR count). The summed E-state index contributed by atoms with van der Waals surface area (Å²) in [6.45, 7) is 4.72. The van der Waals surface area contributed by atoms with Crippen molar-refractivity contribution in [2.45, 2.75) is 45.4 Å². The molecule has 0 heterocycles. The van der Waals surface area contributed by atoms with E-state index in [-0.39, 0.29) is 11.9 Å². The predicted octanol–water partition coefficient (Wildman–Crippen LogP) is 5.44. The average molecular weight is 392 g/mol. The van der Waals surface area contributed by atoms with E-state index in [4.69, 9.17) is 4.74 Å². The average Bonchev–Trinajstić information content (AvgIpc) is 2.37. The Morgan fingerprint density at radius 1 is 1.32 bits per heavy atom. The van der Waals surface area contributed by atoms with E-state index in [1.54, 1.807) is 0 Å². The zero-order valence-corrected chi connectivity index (χ0v) is 14.6. The molecular weight excluding hydrogens is 372 g/mol. The number of hydrogen-bond donors (Lipinski definition) is 0. The highest BCUT2D eigenvalue weighted by atomic mass is 79.9. The molecule has 19 heavy (non-hydrogen) atoms. The topological polar surface area (TPSA) is 26.3 Å². The van der Waals surface area contributed by atoms with Gasteiger partial charge in [-0.05, 0) is 36.5 Å². The summed E-state index contributed by atoms with van der Waals surface area (Å²) in [6, 6.07) is 6.08. The van der Waals surface area contributed by atoms with E-state index in [2.05, 4.69) is 51.8 Å². The molecule has 0 aromatic heterocycles. The smallest absolute Gasteiger partial charge is 0.306 e. The van der Waals surface area contributed by atoms with Crippen LogP contribution in [0.5, 0.6) is 0 Å². The largest absolute Gasteiger partial charge is 0.466 e. The highest BCUT2D eigenvalue weighted by Crippen LogP contribution is 2.32. The van der Waals surface area contributed by atoms with Gasteiger partial charge < -0.3 is 4.74 Å². The van der Waals surface area contributed by atoms with Gasteiger partial charge in [0.05, 0.1) is 13.0 Å². The molecule has 0 radical (unpaired) electrons. The lowest BCUT2D eigenvalue weighted by Gasteiger charge is -2.16. The molecule has 1 atom stereocenters. The summed E-state index contributed by atoms with van der Waals surface area (Å²) in [5.74, 6) is 0.103. The van der Waals surface area contributed by atoms with Crippen LogP contribution in [0.4, 0.5) is 0 Å². The molecule has 0 saturated carbocycles. The van der Waals surface area contributed by atoms with Gasteiger partial charge in [0.15, 0.2) is 0 Å². The number of esters is 1. The Hall–Kier alpha value is -0.350. The standard InChI is InChI=1S/C15H20Br2O2/c1-3-5-8-19-15(18)9-11(4-2)13-7-6-12(16)10-14(13)17/h6-7,10-11H,3-5,8-9H2,1-2H3. The summed E-state index contributed by atoms with van der Waals surface area (Å²) in [7, 11) is 0. The van der Waals surface area contributed by atoms with Crippen molar-refractivity contribution in [1.29, 1.82) is 0 Å². The molecule has 0 aliphatic rings. The Kier molecular flexibility index (Phi) is 7.69. The first-order valence-corrected chi connectivity index (χ1v) is 8.27. The molecule has 0 aliphatic heterocycles. The van der Waals surface area contributed by atoms with Crippen LogP contribution in [0.15, 0.2) is 27.1 Å². The number of rotatable bonds is 7. The predicted molar refractivity (Wildman–Crippen MR) is 85.4 cm³/mol. The van der Waals surface area contributed by atoms with Gasteiger partial charge in [-0.15, -0.1) is 0 Å². The highest BCUT2D eigenvalue weighted by Gasteiger charge is 2.17. The third-order valence-electron chi connectivity index (χ3n) is 3.07. The number of ether oxygens (including phenoxy) is 1. The lowest BCUT2D eigenvalue weighted by Crippen LogP contribution is -2.11. The Morgan fingerprint density at radius 2 is 2.05 bits per heavy atom. The van der Waals surface area contributed by atoms with Crippen molar-refractivity contribution in [3.8, 4) is 0 Å². The van der Waals surface area contributed by atoms with E-state index in [0.717, 1.165) is 33.8 Å². The fourth-order valence-electron chi connectivity index (χ4n) is 1.90. The van der Waals surface area contributed by atoms with Crippen LogP contribution in [-0.4, -0.2) is 12.6 Å². The molecule has 0 fully saturated rings. The van der Waals surface area contributed by atoms with Crippen molar-refractivity contribution < 1.29 is 9.53 Å². The van der Waals surface area contributed by atoms with Crippen molar-refractivity contribution in [2.24, 2.45) is 0 Å². The van der Waals surface area contributed by atoms with Crippen LogP contribution < -0.4 is 0 Å². The summed E-state index contributed by atoms with van der Waals surface area (Å²) in [6.07, 6.45) is 3.34. The summed E-state index contributed by atoms with van der Waals surface area (Å²) in [5.41, 5.74) is 1.16. The molecule has 0 bridgehead atoms. The van der Waals surface area contributed by atoms with E-state index in [1.165, 1.54) is 0 Å². The Labute approximate surface area is 132 Å². The fraction of sp³-hybridized carbons (Fsp3) is 0.533. The zero-order chi connectivity index (χ0) is 14.3. The molecule has 106 valence electrons. The minimum Gasteiger partial charge on any atom is -0.466 e. The van der Waals surface area contributed by atoms with Crippen LogP contribution in [0.2, 0.25) is 0 Å².